The van der Waals surface area contributed by atoms with Crippen molar-refractivity contribution in [1.82, 2.24) is 20.5 Å². The van der Waals surface area contributed by atoms with Crippen molar-refractivity contribution in [1.29, 1.82) is 0 Å². The fourth-order valence-corrected chi connectivity index (χ4v) is 8.28. The third-order valence-corrected chi connectivity index (χ3v) is 11.8. The lowest BCUT2D eigenvalue weighted by Crippen LogP contribution is -2.54. The Morgan fingerprint density at radius 2 is 1.51 bits per heavy atom. The third-order valence-electron chi connectivity index (χ3n) is 10.9. The lowest BCUT2D eigenvalue weighted by atomic mass is 9.94. The number of hydrogen-bond donors (Lipinski definition) is 3. The van der Waals surface area contributed by atoms with Gasteiger partial charge in [-0.25, -0.2) is 9.78 Å². The van der Waals surface area contributed by atoms with Crippen LogP contribution in [0.5, 0.6) is 0 Å². The number of alkyl carbamates (subject to hydrolysis) is 1. The summed E-state index contributed by atoms with van der Waals surface area (Å²) < 4.78 is 5.83. The van der Waals surface area contributed by atoms with E-state index in [1.54, 1.807) is 24.3 Å². The zero-order valence-electron chi connectivity index (χ0n) is 32.7. The molecular formula is C44H54N4O6S. The van der Waals surface area contributed by atoms with Crippen LogP contribution in [0.1, 0.15) is 92.0 Å². The molecule has 5 rings (SSSR count). The molecule has 5 atom stereocenters. The minimum Gasteiger partial charge on any atom is -0.481 e. The topological polar surface area (TPSA) is 138 Å². The maximum atomic E-state index is 14.1. The predicted octanol–water partition coefficient (Wildman–Crippen LogP) is 7.96. The first kappa shape index (κ1) is 41.1. The highest BCUT2D eigenvalue weighted by Crippen LogP contribution is 2.44. The van der Waals surface area contributed by atoms with E-state index in [1.165, 1.54) is 11.3 Å². The second kappa shape index (κ2) is 19.0. The largest absolute Gasteiger partial charge is 0.481 e. The molecule has 0 aliphatic heterocycles. The van der Waals surface area contributed by atoms with Crippen LogP contribution in [0.2, 0.25) is 0 Å². The van der Waals surface area contributed by atoms with E-state index in [-0.39, 0.29) is 60.4 Å². The molecule has 0 radical (unpaired) electrons. The van der Waals surface area contributed by atoms with Crippen molar-refractivity contribution in [2.24, 2.45) is 17.8 Å². The zero-order chi connectivity index (χ0) is 39.6. The lowest BCUT2D eigenvalue weighted by molar-refractivity contribution is -0.141. The predicted molar refractivity (Wildman–Crippen MR) is 216 cm³/mol. The summed E-state index contributed by atoms with van der Waals surface area (Å²) in [5.41, 5.74) is 5.83. The standard InChI is InChI=1S/C44H54N4O6S/c1-7-28(4)40(47-44(53)54-25-36-34-19-13-11-17-32(34)33-18-12-14-20-35(33)36)42(50)48(6)38(27(2)3)21-22-39-46-37(26-55-39)41(49)45-31(23-29(5)43(51)52)24-30-15-9-8-10-16-30/h8-20,26-29,31,36,38,40H,7,21-25H2,1-6H3,(H,45,49)(H,47,53)(H,51,52). The van der Waals surface area contributed by atoms with Crippen LogP contribution in [0.15, 0.2) is 84.2 Å². The SMILES string of the molecule is CCC(C)C(NC(=O)OCC1c2ccccc2-c2ccccc21)C(=O)N(C)C(CCc1nc(C(=O)NC(Cc2ccccc2)CC(C)C(=O)O)cs1)C(C)C. The van der Waals surface area contributed by atoms with Crippen LogP contribution < -0.4 is 10.6 Å². The lowest BCUT2D eigenvalue weighted by Gasteiger charge is -2.35. The number of hydrogen-bond acceptors (Lipinski definition) is 7. The van der Waals surface area contributed by atoms with Gasteiger partial charge in [-0.3, -0.25) is 14.4 Å². The Morgan fingerprint density at radius 1 is 0.891 bits per heavy atom. The Hall–Kier alpha value is -5.03. The Balaban J connectivity index is 1.19. The van der Waals surface area contributed by atoms with Gasteiger partial charge in [-0.05, 0) is 58.9 Å². The number of thiazole rings is 1. The zero-order valence-corrected chi connectivity index (χ0v) is 33.5. The van der Waals surface area contributed by atoms with Gasteiger partial charge in [0.2, 0.25) is 5.91 Å². The molecule has 292 valence electrons. The number of aromatic nitrogens is 1. The minimum absolute atomic E-state index is 0.0855. The molecule has 0 bridgehead atoms. The number of carboxylic acid groups (broad SMARTS) is 1. The molecular weight excluding hydrogens is 713 g/mol. The van der Waals surface area contributed by atoms with Crippen molar-refractivity contribution >= 4 is 35.2 Å². The fourth-order valence-electron chi connectivity index (χ4n) is 7.49. The Bertz CT molecular complexity index is 1880. The van der Waals surface area contributed by atoms with E-state index < -0.39 is 24.0 Å². The number of amides is 3. The van der Waals surface area contributed by atoms with Gasteiger partial charge in [0.25, 0.3) is 5.91 Å². The van der Waals surface area contributed by atoms with Crippen molar-refractivity contribution in [2.45, 2.75) is 90.8 Å². The van der Waals surface area contributed by atoms with E-state index in [1.807, 2.05) is 68.4 Å². The van der Waals surface area contributed by atoms with E-state index in [4.69, 9.17) is 4.74 Å². The van der Waals surface area contributed by atoms with Gasteiger partial charge in [0.1, 0.15) is 18.3 Å². The first-order valence-corrected chi connectivity index (χ1v) is 20.2. The smallest absolute Gasteiger partial charge is 0.407 e. The second-order valence-corrected chi connectivity index (χ2v) is 16.0. The maximum absolute atomic E-state index is 14.1. The van der Waals surface area contributed by atoms with Gasteiger partial charge in [-0.2, -0.15) is 0 Å². The van der Waals surface area contributed by atoms with Crippen LogP contribution in [-0.4, -0.2) is 70.6 Å². The summed E-state index contributed by atoms with van der Waals surface area (Å²) in [6.07, 6.45) is 2.02. The fraction of sp³-hybridized carbons (Fsp3) is 0.432. The number of carbonyl (C=O) groups is 4. The van der Waals surface area contributed by atoms with Crippen molar-refractivity contribution in [3.8, 4) is 11.1 Å². The monoisotopic (exact) mass is 766 g/mol. The molecule has 55 heavy (non-hydrogen) atoms. The average Bonchev–Trinajstić information content (AvgIpc) is 3.78. The van der Waals surface area contributed by atoms with Gasteiger partial charge < -0.3 is 25.4 Å². The minimum atomic E-state index is -0.908. The second-order valence-electron chi connectivity index (χ2n) is 15.1. The van der Waals surface area contributed by atoms with Crippen molar-refractivity contribution in [3.63, 3.8) is 0 Å². The summed E-state index contributed by atoms with van der Waals surface area (Å²) in [5.74, 6) is -2.16. The van der Waals surface area contributed by atoms with Gasteiger partial charge in [-0.1, -0.05) is 120 Å². The molecule has 4 aromatic rings. The number of nitrogens with one attached hydrogen (secondary N) is 2. The first-order chi connectivity index (χ1) is 26.4. The van der Waals surface area contributed by atoms with Crippen LogP contribution in [0.25, 0.3) is 11.1 Å². The third kappa shape index (κ3) is 10.4. The van der Waals surface area contributed by atoms with Gasteiger partial charge in [0, 0.05) is 36.9 Å². The quantitative estimate of drug-likeness (QED) is 0.0935. The molecule has 10 nitrogen and oxygen atoms in total. The van der Waals surface area contributed by atoms with Crippen LogP contribution >= 0.6 is 11.3 Å². The molecule has 11 heteroatoms. The molecule has 0 saturated heterocycles. The van der Waals surface area contributed by atoms with Gasteiger partial charge in [0.05, 0.1) is 10.9 Å². The van der Waals surface area contributed by atoms with Crippen LogP contribution in [0, 0.1) is 17.8 Å². The summed E-state index contributed by atoms with van der Waals surface area (Å²) >= 11 is 1.39. The number of ether oxygens (including phenoxy) is 1. The molecule has 1 aromatic heterocycles. The number of aliphatic carboxylic acids is 1. The van der Waals surface area contributed by atoms with E-state index in [9.17, 15) is 24.3 Å². The number of benzene rings is 3. The van der Waals surface area contributed by atoms with Crippen molar-refractivity contribution < 1.29 is 29.0 Å². The van der Waals surface area contributed by atoms with Gasteiger partial charge in [0.15, 0.2) is 0 Å². The van der Waals surface area contributed by atoms with Crippen LogP contribution in [0.3, 0.4) is 0 Å². The molecule has 0 saturated carbocycles. The first-order valence-electron chi connectivity index (χ1n) is 19.3. The summed E-state index contributed by atoms with van der Waals surface area (Å²) in [6, 6.07) is 24.7. The number of carbonyl (C=O) groups excluding carboxylic acids is 3. The molecule has 0 spiro atoms. The average molecular weight is 767 g/mol. The molecule has 3 amide bonds. The highest BCUT2D eigenvalue weighted by atomic mass is 32.1. The highest BCUT2D eigenvalue weighted by molar-refractivity contribution is 7.09. The molecule has 3 aromatic carbocycles. The number of aryl methyl sites for hydroxylation is 1. The number of likely N-dealkylation sites (N-methyl/N-ethyl adjacent to an activating group) is 1. The molecule has 5 unspecified atom stereocenters. The van der Waals surface area contributed by atoms with Crippen molar-refractivity contribution in [2.75, 3.05) is 13.7 Å². The summed E-state index contributed by atoms with van der Waals surface area (Å²) in [5, 5.41) is 17.9. The Labute approximate surface area is 328 Å². The van der Waals surface area contributed by atoms with E-state index in [0.29, 0.717) is 25.7 Å². The Morgan fingerprint density at radius 3 is 2.11 bits per heavy atom. The maximum Gasteiger partial charge on any atom is 0.407 e. The van der Waals surface area contributed by atoms with Gasteiger partial charge >= 0.3 is 12.1 Å². The van der Waals surface area contributed by atoms with E-state index in [2.05, 4.69) is 53.7 Å². The molecule has 1 aliphatic rings. The number of carboxylic acids is 1. The van der Waals surface area contributed by atoms with Gasteiger partial charge in [-0.15, -0.1) is 11.3 Å². The summed E-state index contributed by atoms with van der Waals surface area (Å²) in [4.78, 5) is 58.8. The molecule has 0 fully saturated rings. The molecule has 1 heterocycles. The normalized spacial score (nSPS) is 14.9. The number of rotatable bonds is 18. The number of fused-ring (bicyclic) bond motifs is 3. The number of nitrogens with zero attached hydrogens (tertiary/aromatic N) is 2. The molecule has 3 N–H and O–H groups in total. The van der Waals surface area contributed by atoms with E-state index in [0.717, 1.165) is 32.8 Å². The Kier molecular flexibility index (Phi) is 14.2. The van der Waals surface area contributed by atoms with Crippen molar-refractivity contribution in [3.05, 3.63) is 112 Å². The summed E-state index contributed by atoms with van der Waals surface area (Å²) in [6.45, 7) is 9.89. The van der Waals surface area contributed by atoms with Crippen LogP contribution in [-0.2, 0) is 27.2 Å². The van der Waals surface area contributed by atoms with Crippen LogP contribution in [0.4, 0.5) is 4.79 Å². The highest BCUT2D eigenvalue weighted by Gasteiger charge is 2.34. The van der Waals surface area contributed by atoms with E-state index >= 15 is 0 Å². The molecule has 1 aliphatic carbocycles. The summed E-state index contributed by atoms with van der Waals surface area (Å²) in [7, 11) is 1.79.